The van der Waals surface area contributed by atoms with Crippen molar-refractivity contribution in [2.75, 3.05) is 27.9 Å². The van der Waals surface area contributed by atoms with E-state index in [0.29, 0.717) is 34.3 Å². The molecule has 0 radical (unpaired) electrons. The number of hydrogen-bond donors (Lipinski definition) is 1. The molecule has 1 aliphatic rings. The van der Waals surface area contributed by atoms with Gasteiger partial charge in [0.05, 0.1) is 27.5 Å². The molecule has 0 fully saturated rings. The Bertz CT molecular complexity index is 1120. The van der Waals surface area contributed by atoms with Crippen molar-refractivity contribution in [1.82, 2.24) is 5.43 Å². The first kappa shape index (κ1) is 20.3. The van der Waals surface area contributed by atoms with Crippen LogP contribution in [0, 0.1) is 0 Å². The van der Waals surface area contributed by atoms with Crippen molar-refractivity contribution in [3.63, 3.8) is 0 Å². The molecule has 8 heteroatoms. The van der Waals surface area contributed by atoms with E-state index < -0.39 is 12.0 Å². The maximum Gasteiger partial charge on any atom is 0.284 e. The van der Waals surface area contributed by atoms with Gasteiger partial charge in [0.1, 0.15) is 6.61 Å². The number of nitrogens with zero attached hydrogens (tertiary/aromatic N) is 1. The summed E-state index contributed by atoms with van der Waals surface area (Å²) in [7, 11) is 4.59. The molecule has 0 saturated carbocycles. The number of rotatable bonds is 6. The lowest BCUT2D eigenvalue weighted by Gasteiger charge is -2.25. The Morgan fingerprint density at radius 1 is 1.00 bits per heavy atom. The molecule has 3 aromatic carbocycles. The summed E-state index contributed by atoms with van der Waals surface area (Å²) < 4.78 is 27.5. The molecule has 0 aliphatic carbocycles. The number of carbonyl (C=O) groups is 1. The molecule has 1 N–H and O–H groups in total. The minimum Gasteiger partial charge on any atom is -0.493 e. The van der Waals surface area contributed by atoms with Crippen LogP contribution in [-0.4, -0.2) is 46.2 Å². The van der Waals surface area contributed by atoms with E-state index in [2.05, 4.69) is 10.5 Å². The van der Waals surface area contributed by atoms with Crippen molar-refractivity contribution in [1.29, 1.82) is 0 Å². The lowest BCUT2D eigenvalue weighted by atomic mass is 10.1. The highest BCUT2D eigenvalue weighted by molar-refractivity contribution is 5.88. The molecule has 1 heterocycles. The first-order chi connectivity index (χ1) is 15.1. The summed E-state index contributed by atoms with van der Waals surface area (Å²) in [6, 6.07) is 15.1. The van der Waals surface area contributed by atoms with Gasteiger partial charge in [-0.3, -0.25) is 4.79 Å². The Morgan fingerprint density at radius 2 is 1.65 bits per heavy atom. The maximum absolute atomic E-state index is 12.5. The van der Waals surface area contributed by atoms with E-state index in [1.807, 2.05) is 36.4 Å². The van der Waals surface area contributed by atoms with E-state index in [-0.39, 0.29) is 6.61 Å². The Kier molecular flexibility index (Phi) is 5.79. The average Bonchev–Trinajstić information content (AvgIpc) is 2.81. The number of methoxy groups -OCH3 is 3. The van der Waals surface area contributed by atoms with Crippen LogP contribution in [0.5, 0.6) is 28.7 Å². The molecule has 31 heavy (non-hydrogen) atoms. The second kappa shape index (κ2) is 8.83. The van der Waals surface area contributed by atoms with E-state index in [4.69, 9.17) is 23.7 Å². The van der Waals surface area contributed by atoms with Crippen LogP contribution in [0.2, 0.25) is 0 Å². The van der Waals surface area contributed by atoms with E-state index >= 15 is 0 Å². The molecule has 8 nitrogen and oxygen atoms in total. The van der Waals surface area contributed by atoms with Crippen LogP contribution in [0.3, 0.4) is 0 Å². The monoisotopic (exact) mass is 422 g/mol. The third-order valence-electron chi connectivity index (χ3n) is 4.84. The number of ether oxygens (including phenoxy) is 5. The van der Waals surface area contributed by atoms with Crippen LogP contribution in [0.1, 0.15) is 5.56 Å². The number of hydrazone groups is 1. The van der Waals surface area contributed by atoms with Crippen molar-refractivity contribution in [3.8, 4) is 28.7 Å². The maximum atomic E-state index is 12.5. The predicted molar refractivity (Wildman–Crippen MR) is 116 cm³/mol. The summed E-state index contributed by atoms with van der Waals surface area (Å²) in [5.41, 5.74) is 3.14. The van der Waals surface area contributed by atoms with Gasteiger partial charge in [-0.1, -0.05) is 24.3 Å². The van der Waals surface area contributed by atoms with Crippen LogP contribution in [-0.2, 0) is 4.79 Å². The number of nitrogens with one attached hydrogen (secondary N) is 1. The molecular weight excluding hydrogens is 400 g/mol. The van der Waals surface area contributed by atoms with Crippen molar-refractivity contribution >= 4 is 22.9 Å². The summed E-state index contributed by atoms with van der Waals surface area (Å²) in [6.07, 6.45) is 0.666. The highest BCUT2D eigenvalue weighted by Gasteiger charge is 2.27. The van der Waals surface area contributed by atoms with E-state index in [0.717, 1.165) is 10.8 Å². The Hall–Kier alpha value is -3.94. The van der Waals surface area contributed by atoms with Crippen molar-refractivity contribution in [3.05, 3.63) is 54.1 Å². The molecule has 0 aromatic heterocycles. The van der Waals surface area contributed by atoms with Crippen LogP contribution in [0.25, 0.3) is 10.8 Å². The average molecular weight is 422 g/mol. The van der Waals surface area contributed by atoms with Crippen LogP contribution in [0.4, 0.5) is 0 Å². The molecule has 0 bridgehead atoms. The summed E-state index contributed by atoms with van der Waals surface area (Å²) in [5, 5.41) is 6.07. The Morgan fingerprint density at radius 3 is 2.26 bits per heavy atom. The largest absolute Gasteiger partial charge is 0.493 e. The number of hydrogen-bond acceptors (Lipinski definition) is 7. The van der Waals surface area contributed by atoms with E-state index in [1.54, 1.807) is 12.1 Å². The summed E-state index contributed by atoms with van der Waals surface area (Å²) >= 11 is 0. The Balaban J connectivity index is 1.45. The minimum atomic E-state index is -0.814. The number of amides is 1. The van der Waals surface area contributed by atoms with Gasteiger partial charge < -0.3 is 23.7 Å². The third kappa shape index (κ3) is 4.18. The minimum absolute atomic E-state index is 0.0941. The third-order valence-corrected chi connectivity index (χ3v) is 4.84. The molecule has 0 spiro atoms. The summed E-state index contributed by atoms with van der Waals surface area (Å²) in [5.74, 6) is 2.18. The van der Waals surface area contributed by atoms with Crippen LogP contribution in [0.15, 0.2) is 53.6 Å². The highest BCUT2D eigenvalue weighted by atomic mass is 16.6. The van der Waals surface area contributed by atoms with Crippen molar-refractivity contribution in [2.24, 2.45) is 5.10 Å². The van der Waals surface area contributed by atoms with Gasteiger partial charge in [0, 0.05) is 5.56 Å². The first-order valence-electron chi connectivity index (χ1n) is 9.58. The lowest BCUT2D eigenvalue weighted by Crippen LogP contribution is -2.42. The summed E-state index contributed by atoms with van der Waals surface area (Å²) in [4.78, 5) is 12.5. The lowest BCUT2D eigenvalue weighted by molar-refractivity contribution is -0.130. The second-order valence-electron chi connectivity index (χ2n) is 6.76. The number of benzene rings is 3. The van der Waals surface area contributed by atoms with Crippen LogP contribution >= 0.6 is 0 Å². The number of carbonyl (C=O) groups excluding carboxylic acids is 1. The predicted octanol–water partition coefficient (Wildman–Crippen LogP) is 3.16. The van der Waals surface area contributed by atoms with E-state index in [1.165, 1.54) is 27.5 Å². The van der Waals surface area contributed by atoms with Gasteiger partial charge in [-0.05, 0) is 35.0 Å². The van der Waals surface area contributed by atoms with Gasteiger partial charge in [0.25, 0.3) is 5.91 Å². The van der Waals surface area contributed by atoms with Gasteiger partial charge in [-0.2, -0.15) is 5.10 Å². The zero-order valence-electron chi connectivity index (χ0n) is 17.4. The molecule has 1 unspecified atom stereocenters. The molecule has 1 aliphatic heterocycles. The standard InChI is InChI=1S/C23H22N2O6/c1-27-19-8-14(9-20(28-2)22(19)29-3)12-24-25-23(26)21-13-30-17-10-15-6-4-5-7-16(15)11-18(17)31-21/h4-12,21H,13H2,1-3H3,(H,25,26). The zero-order chi connectivity index (χ0) is 21.8. The van der Waals surface area contributed by atoms with Gasteiger partial charge in [-0.15, -0.1) is 0 Å². The van der Waals surface area contributed by atoms with Crippen molar-refractivity contribution in [2.45, 2.75) is 6.10 Å². The van der Waals surface area contributed by atoms with Gasteiger partial charge in [0.15, 0.2) is 23.0 Å². The zero-order valence-corrected chi connectivity index (χ0v) is 17.4. The Labute approximate surface area is 179 Å². The van der Waals surface area contributed by atoms with Gasteiger partial charge in [0.2, 0.25) is 11.9 Å². The molecule has 160 valence electrons. The molecule has 4 rings (SSSR count). The van der Waals surface area contributed by atoms with Crippen molar-refractivity contribution < 1.29 is 28.5 Å². The summed E-state index contributed by atoms with van der Waals surface area (Å²) in [6.45, 7) is 0.0941. The fourth-order valence-electron chi connectivity index (χ4n) is 3.30. The highest BCUT2D eigenvalue weighted by Crippen LogP contribution is 2.38. The normalized spacial score (nSPS) is 15.0. The SMILES string of the molecule is COc1cc(C=NNC(=O)C2COc3cc4ccccc4cc3O2)cc(OC)c1OC. The smallest absolute Gasteiger partial charge is 0.284 e. The molecular formula is C23H22N2O6. The topological polar surface area (TPSA) is 87.6 Å². The van der Waals surface area contributed by atoms with Gasteiger partial charge in [-0.25, -0.2) is 5.43 Å². The fourth-order valence-corrected chi connectivity index (χ4v) is 3.30. The molecule has 1 atom stereocenters. The number of fused-ring (bicyclic) bond motifs is 2. The second-order valence-corrected chi connectivity index (χ2v) is 6.76. The first-order valence-corrected chi connectivity index (χ1v) is 9.58. The molecule has 1 amide bonds. The van der Waals surface area contributed by atoms with Crippen LogP contribution < -0.4 is 29.1 Å². The van der Waals surface area contributed by atoms with E-state index in [9.17, 15) is 4.79 Å². The quantitative estimate of drug-likeness (QED) is 0.485. The fraction of sp³-hybridized carbons (Fsp3) is 0.217. The molecule has 3 aromatic rings. The van der Waals surface area contributed by atoms with Gasteiger partial charge >= 0.3 is 0 Å². The molecule has 0 saturated heterocycles.